The normalized spacial score (nSPS) is 13.4. The van der Waals surface area contributed by atoms with Gasteiger partial charge < -0.3 is 15.2 Å². The van der Waals surface area contributed by atoms with Crippen LogP contribution in [0, 0.1) is 5.92 Å². The number of hydrogen-bond acceptors (Lipinski definition) is 4. The average molecular weight is 245 g/mol. The molecule has 0 aromatic carbocycles. The molecule has 100 valence electrons. The van der Waals surface area contributed by atoms with Crippen LogP contribution in [0.4, 0.5) is 0 Å². The Morgan fingerprint density at radius 2 is 1.82 bits per heavy atom. The number of amides is 1. The molecule has 0 rings (SSSR count). The summed E-state index contributed by atoms with van der Waals surface area (Å²) in [6.45, 7) is 8.57. The lowest BCUT2D eigenvalue weighted by Gasteiger charge is -2.25. The molecule has 0 heterocycles. The zero-order chi connectivity index (χ0) is 13.6. The van der Waals surface area contributed by atoms with E-state index < -0.39 is 30.1 Å². The standard InChI is InChI=1S/C12H23NO4/c1-8(2)6-9(13-10(15)7-14)11(16)17-12(3,4)5/h8-9,14H,6-7H2,1-5H3,(H,13,15)/t9-/m0/s1. The maximum atomic E-state index is 11.8. The van der Waals surface area contributed by atoms with Gasteiger partial charge in [-0.1, -0.05) is 13.8 Å². The molecule has 0 fully saturated rings. The SMILES string of the molecule is CC(C)C[C@H](NC(=O)CO)C(=O)OC(C)(C)C. The third-order valence-electron chi connectivity index (χ3n) is 1.88. The molecule has 0 spiro atoms. The monoisotopic (exact) mass is 245 g/mol. The Labute approximate surface area is 103 Å². The fourth-order valence-electron chi connectivity index (χ4n) is 1.30. The van der Waals surface area contributed by atoms with Gasteiger partial charge in [0.05, 0.1) is 0 Å². The second-order valence-electron chi connectivity index (χ2n) is 5.44. The van der Waals surface area contributed by atoms with Crippen molar-refractivity contribution in [1.82, 2.24) is 5.32 Å². The van der Waals surface area contributed by atoms with Gasteiger partial charge in [-0.3, -0.25) is 4.79 Å². The van der Waals surface area contributed by atoms with Crippen LogP contribution in [0.2, 0.25) is 0 Å². The highest BCUT2D eigenvalue weighted by Crippen LogP contribution is 2.12. The highest BCUT2D eigenvalue weighted by Gasteiger charge is 2.26. The van der Waals surface area contributed by atoms with E-state index in [1.54, 1.807) is 20.8 Å². The summed E-state index contributed by atoms with van der Waals surface area (Å²) in [4.78, 5) is 22.9. The number of nitrogens with one attached hydrogen (secondary N) is 1. The quantitative estimate of drug-likeness (QED) is 0.704. The summed E-state index contributed by atoms with van der Waals surface area (Å²) in [5, 5.41) is 11.1. The maximum absolute atomic E-state index is 11.8. The number of rotatable bonds is 5. The van der Waals surface area contributed by atoms with Crippen LogP contribution in [0.15, 0.2) is 0 Å². The van der Waals surface area contributed by atoms with E-state index in [2.05, 4.69) is 5.32 Å². The average Bonchev–Trinajstić information content (AvgIpc) is 2.13. The van der Waals surface area contributed by atoms with Gasteiger partial charge in [-0.15, -0.1) is 0 Å². The van der Waals surface area contributed by atoms with Crippen molar-refractivity contribution in [3.05, 3.63) is 0 Å². The number of carbonyl (C=O) groups is 2. The Kier molecular flexibility index (Phi) is 6.16. The predicted molar refractivity (Wildman–Crippen MR) is 64.3 cm³/mol. The molecular formula is C12H23NO4. The molecule has 0 unspecified atom stereocenters. The zero-order valence-electron chi connectivity index (χ0n) is 11.2. The number of aliphatic hydroxyl groups is 1. The van der Waals surface area contributed by atoms with Crippen LogP contribution in [-0.4, -0.2) is 35.2 Å². The summed E-state index contributed by atoms with van der Waals surface area (Å²) in [6, 6.07) is -0.700. The van der Waals surface area contributed by atoms with Gasteiger partial charge in [-0.2, -0.15) is 0 Å². The van der Waals surface area contributed by atoms with Crippen LogP contribution < -0.4 is 5.32 Å². The van der Waals surface area contributed by atoms with Crippen LogP contribution in [0.3, 0.4) is 0 Å². The Morgan fingerprint density at radius 3 is 2.18 bits per heavy atom. The summed E-state index contributed by atoms with van der Waals surface area (Å²) < 4.78 is 5.21. The molecule has 1 atom stereocenters. The number of aliphatic hydroxyl groups excluding tert-OH is 1. The molecule has 0 aliphatic carbocycles. The summed E-state index contributed by atoms with van der Waals surface area (Å²) in [5.74, 6) is -0.791. The Hall–Kier alpha value is -1.10. The molecule has 17 heavy (non-hydrogen) atoms. The molecule has 0 saturated carbocycles. The lowest BCUT2D eigenvalue weighted by atomic mass is 10.0. The highest BCUT2D eigenvalue weighted by atomic mass is 16.6. The summed E-state index contributed by atoms with van der Waals surface area (Å²) in [6.07, 6.45) is 0.487. The third kappa shape index (κ3) is 7.74. The second kappa shape index (κ2) is 6.59. The Balaban J connectivity index is 4.56. The van der Waals surface area contributed by atoms with E-state index in [-0.39, 0.29) is 5.92 Å². The van der Waals surface area contributed by atoms with Crippen molar-refractivity contribution < 1.29 is 19.4 Å². The lowest BCUT2D eigenvalue weighted by Crippen LogP contribution is -2.45. The van der Waals surface area contributed by atoms with Crippen molar-refractivity contribution in [1.29, 1.82) is 0 Å². The zero-order valence-corrected chi connectivity index (χ0v) is 11.2. The number of esters is 1. The van der Waals surface area contributed by atoms with Gasteiger partial charge in [0.1, 0.15) is 18.2 Å². The first-order valence-corrected chi connectivity index (χ1v) is 5.78. The molecular weight excluding hydrogens is 222 g/mol. The largest absolute Gasteiger partial charge is 0.458 e. The minimum absolute atomic E-state index is 0.242. The Morgan fingerprint density at radius 1 is 1.29 bits per heavy atom. The van der Waals surface area contributed by atoms with Crippen molar-refractivity contribution >= 4 is 11.9 Å². The van der Waals surface area contributed by atoms with Crippen LogP contribution in [0.25, 0.3) is 0 Å². The number of ether oxygens (including phenoxy) is 1. The molecule has 0 aliphatic rings. The fraction of sp³-hybridized carbons (Fsp3) is 0.833. The molecule has 0 bridgehead atoms. The van der Waals surface area contributed by atoms with Crippen molar-refractivity contribution in [3.8, 4) is 0 Å². The van der Waals surface area contributed by atoms with Gasteiger partial charge in [0.25, 0.3) is 0 Å². The van der Waals surface area contributed by atoms with Crippen LogP contribution in [0.5, 0.6) is 0 Å². The minimum atomic E-state index is -0.700. The first-order valence-electron chi connectivity index (χ1n) is 5.78. The smallest absolute Gasteiger partial charge is 0.329 e. The van der Waals surface area contributed by atoms with Crippen molar-refractivity contribution in [2.24, 2.45) is 5.92 Å². The highest BCUT2D eigenvalue weighted by molar-refractivity contribution is 5.85. The summed E-state index contributed by atoms with van der Waals surface area (Å²) in [5.41, 5.74) is -0.587. The topological polar surface area (TPSA) is 75.6 Å². The van der Waals surface area contributed by atoms with Crippen molar-refractivity contribution in [3.63, 3.8) is 0 Å². The Bertz CT molecular complexity index is 268. The van der Waals surface area contributed by atoms with Gasteiger partial charge in [-0.25, -0.2) is 4.79 Å². The molecule has 0 saturated heterocycles. The van der Waals surface area contributed by atoms with E-state index in [9.17, 15) is 9.59 Å². The number of hydrogen-bond donors (Lipinski definition) is 2. The van der Waals surface area contributed by atoms with E-state index in [1.165, 1.54) is 0 Å². The van der Waals surface area contributed by atoms with E-state index in [0.29, 0.717) is 6.42 Å². The maximum Gasteiger partial charge on any atom is 0.329 e. The molecule has 5 nitrogen and oxygen atoms in total. The molecule has 2 N–H and O–H groups in total. The number of carbonyl (C=O) groups excluding carboxylic acids is 2. The third-order valence-corrected chi connectivity index (χ3v) is 1.88. The van der Waals surface area contributed by atoms with Crippen LogP contribution in [0.1, 0.15) is 41.0 Å². The van der Waals surface area contributed by atoms with Crippen molar-refractivity contribution in [2.45, 2.75) is 52.7 Å². The lowest BCUT2D eigenvalue weighted by molar-refractivity contribution is -0.159. The van der Waals surface area contributed by atoms with Gasteiger partial charge in [0.2, 0.25) is 5.91 Å². The van der Waals surface area contributed by atoms with Crippen LogP contribution >= 0.6 is 0 Å². The molecule has 0 aliphatic heterocycles. The fourth-order valence-corrected chi connectivity index (χ4v) is 1.30. The first kappa shape index (κ1) is 15.9. The van der Waals surface area contributed by atoms with E-state index in [1.807, 2.05) is 13.8 Å². The van der Waals surface area contributed by atoms with Gasteiger partial charge in [0, 0.05) is 0 Å². The van der Waals surface area contributed by atoms with Gasteiger partial charge in [-0.05, 0) is 33.1 Å². The first-order chi connectivity index (χ1) is 7.65. The van der Waals surface area contributed by atoms with Gasteiger partial charge >= 0.3 is 5.97 Å². The summed E-state index contributed by atoms with van der Waals surface area (Å²) >= 11 is 0. The molecule has 1 amide bonds. The molecule has 0 aromatic rings. The van der Waals surface area contributed by atoms with E-state index in [0.717, 1.165) is 0 Å². The van der Waals surface area contributed by atoms with Gasteiger partial charge in [0.15, 0.2) is 0 Å². The second-order valence-corrected chi connectivity index (χ2v) is 5.44. The van der Waals surface area contributed by atoms with Crippen LogP contribution in [-0.2, 0) is 14.3 Å². The van der Waals surface area contributed by atoms with E-state index in [4.69, 9.17) is 9.84 Å². The molecule has 0 radical (unpaired) electrons. The van der Waals surface area contributed by atoms with Crippen molar-refractivity contribution in [2.75, 3.05) is 6.61 Å². The molecule has 5 heteroatoms. The van der Waals surface area contributed by atoms with E-state index >= 15 is 0 Å². The molecule has 0 aromatic heterocycles. The predicted octanol–water partition coefficient (Wildman–Crippen LogP) is 0.851. The summed E-state index contributed by atoms with van der Waals surface area (Å²) in [7, 11) is 0. The minimum Gasteiger partial charge on any atom is -0.458 e.